The van der Waals surface area contributed by atoms with Crippen molar-refractivity contribution >= 4 is 0 Å². The van der Waals surface area contributed by atoms with Gasteiger partial charge in [-0.05, 0) is 18.4 Å². The van der Waals surface area contributed by atoms with E-state index in [1.54, 1.807) is 4.90 Å². The molecule has 1 unspecified atom stereocenters. The second-order valence-electron chi connectivity index (χ2n) is 7.73. The normalized spacial score (nSPS) is 19.6. The molecule has 0 aromatic heterocycles. The number of benzene rings is 1. The summed E-state index contributed by atoms with van der Waals surface area (Å²) >= 11 is 0. The molecule has 2 aliphatic rings. The van der Waals surface area contributed by atoms with E-state index in [9.17, 15) is 13.2 Å². The molecule has 1 aromatic rings. The summed E-state index contributed by atoms with van der Waals surface area (Å²) in [6.45, 7) is 14.3. The molecular formula is C22H29F3N4. The Morgan fingerprint density at radius 2 is 1.76 bits per heavy atom. The SMILES string of the molecule is C=C(NCc1ccccc1)C1CCCN1C(=C)CNC(=C)N1CC(C(F)(F)F)C1. The summed E-state index contributed by atoms with van der Waals surface area (Å²) in [5, 5.41) is 6.54. The first-order valence-corrected chi connectivity index (χ1v) is 9.91. The third-order valence-corrected chi connectivity index (χ3v) is 5.65. The van der Waals surface area contributed by atoms with Gasteiger partial charge in [-0.2, -0.15) is 13.2 Å². The smallest absolute Gasteiger partial charge is 0.383 e. The third-order valence-electron chi connectivity index (χ3n) is 5.65. The van der Waals surface area contributed by atoms with Crippen LogP contribution in [-0.4, -0.2) is 48.2 Å². The molecule has 1 atom stereocenters. The summed E-state index contributed by atoms with van der Waals surface area (Å²) in [5.74, 6) is -0.741. The van der Waals surface area contributed by atoms with E-state index in [0.717, 1.165) is 37.3 Å². The van der Waals surface area contributed by atoms with Crippen LogP contribution in [0.3, 0.4) is 0 Å². The fraction of sp³-hybridized carbons (Fsp3) is 0.455. The lowest BCUT2D eigenvalue weighted by Crippen LogP contribution is -2.54. The van der Waals surface area contributed by atoms with Gasteiger partial charge in [-0.25, -0.2) is 0 Å². The van der Waals surface area contributed by atoms with Crippen LogP contribution in [0.15, 0.2) is 67.3 Å². The second kappa shape index (κ2) is 8.84. The molecule has 3 rings (SSSR count). The summed E-state index contributed by atoms with van der Waals surface area (Å²) in [6, 6.07) is 10.3. The van der Waals surface area contributed by atoms with E-state index in [2.05, 4.69) is 47.4 Å². The maximum atomic E-state index is 12.6. The molecule has 0 aliphatic carbocycles. The van der Waals surface area contributed by atoms with Gasteiger partial charge in [0.15, 0.2) is 0 Å². The Hall–Kier alpha value is -2.57. The second-order valence-corrected chi connectivity index (χ2v) is 7.73. The summed E-state index contributed by atoms with van der Waals surface area (Å²) < 4.78 is 37.9. The largest absolute Gasteiger partial charge is 0.395 e. The average molecular weight is 406 g/mol. The van der Waals surface area contributed by atoms with E-state index in [1.165, 1.54) is 5.56 Å². The van der Waals surface area contributed by atoms with Crippen LogP contribution in [-0.2, 0) is 6.54 Å². The van der Waals surface area contributed by atoms with Gasteiger partial charge in [0.05, 0.1) is 24.3 Å². The van der Waals surface area contributed by atoms with Crippen LogP contribution in [0.25, 0.3) is 0 Å². The van der Waals surface area contributed by atoms with Gasteiger partial charge < -0.3 is 20.4 Å². The molecule has 29 heavy (non-hydrogen) atoms. The molecular weight excluding hydrogens is 377 g/mol. The molecule has 7 heteroatoms. The predicted octanol–water partition coefficient (Wildman–Crippen LogP) is 3.82. The summed E-state index contributed by atoms with van der Waals surface area (Å²) in [6.07, 6.45) is -2.08. The first-order chi connectivity index (χ1) is 13.8. The lowest BCUT2D eigenvalue weighted by molar-refractivity contribution is -0.205. The number of halogens is 3. The minimum absolute atomic E-state index is 0.0334. The number of alkyl halides is 3. The van der Waals surface area contributed by atoms with Crippen LogP contribution in [0.1, 0.15) is 18.4 Å². The highest BCUT2D eigenvalue weighted by Gasteiger charge is 2.47. The van der Waals surface area contributed by atoms with Crippen LogP contribution >= 0.6 is 0 Å². The number of hydrogen-bond donors (Lipinski definition) is 2. The first kappa shape index (κ1) is 21.1. The Bertz CT molecular complexity index is 738. The van der Waals surface area contributed by atoms with Crippen molar-refractivity contribution < 1.29 is 13.2 Å². The molecule has 2 saturated heterocycles. The zero-order chi connectivity index (χ0) is 21.0. The van der Waals surface area contributed by atoms with Crippen molar-refractivity contribution in [3.8, 4) is 0 Å². The maximum absolute atomic E-state index is 12.6. The highest BCUT2D eigenvalue weighted by molar-refractivity contribution is 5.18. The molecule has 0 radical (unpaired) electrons. The van der Waals surface area contributed by atoms with Gasteiger partial charge in [0, 0.05) is 37.6 Å². The molecule has 0 amide bonds. The molecule has 1 aromatic carbocycles. The molecule has 0 spiro atoms. The van der Waals surface area contributed by atoms with E-state index in [1.807, 2.05) is 18.2 Å². The molecule has 0 saturated carbocycles. The average Bonchev–Trinajstić information content (AvgIpc) is 3.12. The molecule has 2 heterocycles. The van der Waals surface area contributed by atoms with Crippen molar-refractivity contribution in [1.82, 2.24) is 20.4 Å². The fourth-order valence-corrected chi connectivity index (χ4v) is 3.76. The molecule has 0 bridgehead atoms. The van der Waals surface area contributed by atoms with E-state index >= 15 is 0 Å². The van der Waals surface area contributed by atoms with Crippen LogP contribution in [0.2, 0.25) is 0 Å². The quantitative estimate of drug-likeness (QED) is 0.653. The number of likely N-dealkylation sites (tertiary alicyclic amines) is 2. The minimum atomic E-state index is -4.13. The van der Waals surface area contributed by atoms with Crippen LogP contribution in [0.4, 0.5) is 13.2 Å². The van der Waals surface area contributed by atoms with Crippen LogP contribution in [0, 0.1) is 5.92 Å². The summed E-state index contributed by atoms with van der Waals surface area (Å²) in [5.41, 5.74) is 3.05. The van der Waals surface area contributed by atoms with Crippen molar-refractivity contribution in [1.29, 1.82) is 0 Å². The number of nitrogens with zero attached hydrogens (tertiary/aromatic N) is 2. The van der Waals surface area contributed by atoms with Crippen molar-refractivity contribution in [3.63, 3.8) is 0 Å². The zero-order valence-electron chi connectivity index (χ0n) is 16.6. The van der Waals surface area contributed by atoms with Gasteiger partial charge in [0.2, 0.25) is 0 Å². The lowest BCUT2D eigenvalue weighted by Gasteiger charge is -2.43. The Morgan fingerprint density at radius 1 is 1.07 bits per heavy atom. The third kappa shape index (κ3) is 5.28. The Kier molecular flexibility index (Phi) is 6.45. The molecule has 4 nitrogen and oxygen atoms in total. The van der Waals surface area contributed by atoms with Gasteiger partial charge in [-0.1, -0.05) is 50.1 Å². The van der Waals surface area contributed by atoms with Gasteiger partial charge in [-0.3, -0.25) is 0 Å². The Balaban J connectivity index is 1.43. The minimum Gasteiger partial charge on any atom is -0.383 e. The van der Waals surface area contributed by atoms with Gasteiger partial charge in [0.1, 0.15) is 0 Å². The first-order valence-electron chi connectivity index (χ1n) is 9.91. The molecule has 2 N–H and O–H groups in total. The van der Waals surface area contributed by atoms with E-state index in [-0.39, 0.29) is 19.1 Å². The summed E-state index contributed by atoms with van der Waals surface area (Å²) in [7, 11) is 0. The molecule has 2 fully saturated rings. The fourth-order valence-electron chi connectivity index (χ4n) is 3.76. The number of nitrogens with one attached hydrogen (secondary N) is 2. The summed E-state index contributed by atoms with van der Waals surface area (Å²) in [4.78, 5) is 3.84. The highest BCUT2D eigenvalue weighted by atomic mass is 19.4. The monoisotopic (exact) mass is 406 g/mol. The van der Waals surface area contributed by atoms with Gasteiger partial charge >= 0.3 is 6.18 Å². The molecule has 2 aliphatic heterocycles. The van der Waals surface area contributed by atoms with Crippen LogP contribution in [0.5, 0.6) is 0 Å². The standard InChI is InChI=1S/C22H29F3N4/c1-16(12-27-18(3)28-14-20(15-28)22(23,24)25)29-11-7-10-21(29)17(2)26-13-19-8-5-4-6-9-19/h4-6,8-9,20-21,26-27H,1-3,7,10-15H2. The highest BCUT2D eigenvalue weighted by Crippen LogP contribution is 2.34. The van der Waals surface area contributed by atoms with E-state index in [4.69, 9.17) is 0 Å². The maximum Gasteiger partial charge on any atom is 0.395 e. The van der Waals surface area contributed by atoms with Crippen molar-refractivity contribution in [2.24, 2.45) is 5.92 Å². The Morgan fingerprint density at radius 3 is 2.41 bits per heavy atom. The zero-order valence-corrected chi connectivity index (χ0v) is 16.6. The number of hydrogen-bond acceptors (Lipinski definition) is 4. The van der Waals surface area contributed by atoms with Crippen molar-refractivity contribution in [2.75, 3.05) is 26.2 Å². The number of rotatable bonds is 9. The predicted molar refractivity (Wildman–Crippen MR) is 110 cm³/mol. The van der Waals surface area contributed by atoms with Crippen molar-refractivity contribution in [3.05, 3.63) is 72.8 Å². The van der Waals surface area contributed by atoms with Gasteiger partial charge in [-0.15, -0.1) is 0 Å². The Labute approximate surface area is 170 Å². The molecule has 158 valence electrons. The van der Waals surface area contributed by atoms with E-state index in [0.29, 0.717) is 12.4 Å². The topological polar surface area (TPSA) is 30.5 Å². The van der Waals surface area contributed by atoms with Gasteiger partial charge in [0.25, 0.3) is 0 Å². The van der Waals surface area contributed by atoms with E-state index < -0.39 is 12.1 Å². The van der Waals surface area contributed by atoms with Crippen LogP contribution < -0.4 is 10.6 Å². The van der Waals surface area contributed by atoms with Crippen molar-refractivity contribution in [2.45, 2.75) is 31.6 Å². The lowest BCUT2D eigenvalue weighted by atomic mass is 10.00.